The first kappa shape index (κ1) is 20.1. The number of halogens is 2. The molecule has 2 aromatic rings. The van der Waals surface area contributed by atoms with Crippen LogP contribution in [0.3, 0.4) is 0 Å². The van der Waals surface area contributed by atoms with Gasteiger partial charge < -0.3 is 19.7 Å². The number of ether oxygens (including phenoxy) is 2. The maximum absolute atomic E-state index is 13.1. The fraction of sp³-hybridized carbons (Fsp3) is 0.300. The number of rotatable bonds is 5. The molecule has 1 amide bonds. The van der Waals surface area contributed by atoms with Crippen LogP contribution in [0.15, 0.2) is 42.5 Å². The minimum Gasteiger partial charge on any atom is -0.449 e. The van der Waals surface area contributed by atoms with E-state index in [1.807, 2.05) is 12.1 Å². The van der Waals surface area contributed by atoms with E-state index in [4.69, 9.17) is 21.1 Å². The first-order chi connectivity index (χ1) is 13.4. The fourth-order valence-electron chi connectivity index (χ4n) is 2.75. The smallest absolute Gasteiger partial charge is 0.340 e. The molecule has 6 nitrogen and oxygen atoms in total. The van der Waals surface area contributed by atoms with E-state index < -0.39 is 23.8 Å². The molecule has 3 rings (SSSR count). The van der Waals surface area contributed by atoms with Gasteiger partial charge in [-0.15, -0.1) is 0 Å². The van der Waals surface area contributed by atoms with Gasteiger partial charge in [-0.1, -0.05) is 11.6 Å². The molecule has 28 heavy (non-hydrogen) atoms. The van der Waals surface area contributed by atoms with Crippen LogP contribution < -0.4 is 10.2 Å². The van der Waals surface area contributed by atoms with Crippen LogP contribution >= 0.6 is 11.6 Å². The van der Waals surface area contributed by atoms with E-state index in [1.54, 1.807) is 12.1 Å². The van der Waals surface area contributed by atoms with E-state index in [0.717, 1.165) is 30.9 Å². The van der Waals surface area contributed by atoms with Crippen molar-refractivity contribution in [1.82, 2.24) is 0 Å². The van der Waals surface area contributed by atoms with Gasteiger partial charge in [0.1, 0.15) is 5.82 Å². The van der Waals surface area contributed by atoms with Crippen LogP contribution in [0.2, 0.25) is 5.02 Å². The van der Waals surface area contributed by atoms with Crippen molar-refractivity contribution in [1.29, 1.82) is 0 Å². The molecular formula is C20H20ClFN2O4. The molecule has 0 bridgehead atoms. The maximum atomic E-state index is 13.1. The van der Waals surface area contributed by atoms with Gasteiger partial charge in [-0.05, 0) is 49.4 Å². The van der Waals surface area contributed by atoms with Crippen LogP contribution in [-0.4, -0.2) is 44.3 Å². The average molecular weight is 407 g/mol. The molecular weight excluding hydrogens is 387 g/mol. The summed E-state index contributed by atoms with van der Waals surface area (Å²) in [6.45, 7) is 4.49. The molecule has 0 aromatic heterocycles. The van der Waals surface area contributed by atoms with Gasteiger partial charge in [-0.25, -0.2) is 9.18 Å². The summed E-state index contributed by atoms with van der Waals surface area (Å²) in [5.41, 5.74) is 1.63. The molecule has 8 heteroatoms. The molecule has 1 N–H and O–H groups in total. The number of carbonyl (C=O) groups is 2. The van der Waals surface area contributed by atoms with Gasteiger partial charge in [0.25, 0.3) is 5.91 Å². The average Bonchev–Trinajstić information content (AvgIpc) is 2.69. The predicted octanol–water partition coefficient (Wildman–Crippen LogP) is 3.50. The summed E-state index contributed by atoms with van der Waals surface area (Å²) in [6.07, 6.45) is -1.05. The standard InChI is InChI=1S/C20H20ClFN2O4/c1-13(28-20(26)17-7-2-14(22)12-18(17)21)19(25)23-15-3-5-16(6-4-15)24-8-10-27-11-9-24/h2-7,12-13H,8-11H2,1H3,(H,23,25)/t13-/m0/s1. The highest BCUT2D eigenvalue weighted by Gasteiger charge is 2.21. The van der Waals surface area contributed by atoms with E-state index >= 15 is 0 Å². The minimum atomic E-state index is -1.05. The molecule has 0 aliphatic carbocycles. The zero-order chi connectivity index (χ0) is 20.1. The highest BCUT2D eigenvalue weighted by Crippen LogP contribution is 2.21. The number of amides is 1. The van der Waals surface area contributed by atoms with E-state index in [0.29, 0.717) is 18.9 Å². The molecule has 1 atom stereocenters. The lowest BCUT2D eigenvalue weighted by Gasteiger charge is -2.28. The number of hydrogen-bond acceptors (Lipinski definition) is 5. The quantitative estimate of drug-likeness (QED) is 0.770. The Balaban J connectivity index is 1.56. The second-order valence-corrected chi connectivity index (χ2v) is 6.71. The maximum Gasteiger partial charge on any atom is 0.340 e. The van der Waals surface area contributed by atoms with Gasteiger partial charge in [0.2, 0.25) is 0 Å². The molecule has 0 spiro atoms. The lowest BCUT2D eigenvalue weighted by molar-refractivity contribution is -0.123. The third kappa shape index (κ3) is 4.99. The Morgan fingerprint density at radius 2 is 1.86 bits per heavy atom. The van der Waals surface area contributed by atoms with E-state index in [-0.39, 0.29) is 10.6 Å². The summed E-state index contributed by atoms with van der Waals surface area (Å²) in [5, 5.41) is 2.63. The Kier molecular flexibility index (Phi) is 6.49. The van der Waals surface area contributed by atoms with Crippen molar-refractivity contribution in [2.45, 2.75) is 13.0 Å². The van der Waals surface area contributed by atoms with Crippen LogP contribution in [0.25, 0.3) is 0 Å². The number of anilines is 2. The molecule has 148 valence electrons. The molecule has 1 aliphatic rings. The summed E-state index contributed by atoms with van der Waals surface area (Å²) >= 11 is 5.84. The lowest BCUT2D eigenvalue weighted by Crippen LogP contribution is -2.36. The number of hydrogen-bond donors (Lipinski definition) is 1. The van der Waals surface area contributed by atoms with Crippen molar-refractivity contribution in [3.05, 3.63) is 58.9 Å². The summed E-state index contributed by atoms with van der Waals surface area (Å²) in [5.74, 6) is -1.84. The lowest BCUT2D eigenvalue weighted by atomic mass is 10.2. The molecule has 2 aromatic carbocycles. The Morgan fingerprint density at radius 3 is 2.50 bits per heavy atom. The second-order valence-electron chi connectivity index (χ2n) is 6.31. The van der Waals surface area contributed by atoms with Crippen LogP contribution in [0.1, 0.15) is 17.3 Å². The number of benzene rings is 2. The number of nitrogens with one attached hydrogen (secondary N) is 1. The molecule has 0 saturated carbocycles. The van der Waals surface area contributed by atoms with Crippen molar-refractivity contribution >= 4 is 34.9 Å². The van der Waals surface area contributed by atoms with Crippen LogP contribution in [-0.2, 0) is 14.3 Å². The molecule has 1 fully saturated rings. The summed E-state index contributed by atoms with van der Waals surface area (Å²) in [4.78, 5) is 26.6. The Hall–Kier alpha value is -2.64. The number of esters is 1. The van der Waals surface area contributed by atoms with Crippen molar-refractivity contribution in [2.75, 3.05) is 36.5 Å². The Labute approximate surface area is 167 Å². The summed E-state index contributed by atoms with van der Waals surface area (Å²) in [7, 11) is 0. The molecule has 0 unspecified atom stereocenters. The normalized spacial score (nSPS) is 15.0. The highest BCUT2D eigenvalue weighted by molar-refractivity contribution is 6.33. The van der Waals surface area contributed by atoms with Gasteiger partial charge in [0, 0.05) is 24.5 Å². The predicted molar refractivity (Wildman–Crippen MR) is 104 cm³/mol. The van der Waals surface area contributed by atoms with Crippen molar-refractivity contribution in [3.63, 3.8) is 0 Å². The van der Waals surface area contributed by atoms with Gasteiger partial charge in [-0.3, -0.25) is 4.79 Å². The van der Waals surface area contributed by atoms with Crippen LogP contribution in [0.5, 0.6) is 0 Å². The summed E-state index contributed by atoms with van der Waals surface area (Å²) in [6, 6.07) is 10.7. The first-order valence-corrected chi connectivity index (χ1v) is 9.21. The fourth-order valence-corrected chi connectivity index (χ4v) is 3.00. The van der Waals surface area contributed by atoms with E-state index in [1.165, 1.54) is 13.0 Å². The zero-order valence-corrected chi connectivity index (χ0v) is 16.0. The minimum absolute atomic E-state index is 0.00224. The number of carbonyl (C=O) groups excluding carboxylic acids is 2. The zero-order valence-electron chi connectivity index (χ0n) is 15.3. The van der Waals surface area contributed by atoms with Crippen molar-refractivity contribution < 1.29 is 23.5 Å². The molecule has 0 radical (unpaired) electrons. The third-order valence-electron chi connectivity index (χ3n) is 4.32. The second kappa shape index (κ2) is 9.03. The van der Waals surface area contributed by atoms with Crippen LogP contribution in [0, 0.1) is 5.82 Å². The van der Waals surface area contributed by atoms with E-state index in [2.05, 4.69) is 10.2 Å². The Morgan fingerprint density at radius 1 is 1.18 bits per heavy atom. The molecule has 1 saturated heterocycles. The van der Waals surface area contributed by atoms with Gasteiger partial charge >= 0.3 is 5.97 Å². The first-order valence-electron chi connectivity index (χ1n) is 8.83. The van der Waals surface area contributed by atoms with Crippen molar-refractivity contribution in [3.8, 4) is 0 Å². The molecule has 1 aliphatic heterocycles. The number of nitrogens with zero attached hydrogens (tertiary/aromatic N) is 1. The summed E-state index contributed by atoms with van der Waals surface area (Å²) < 4.78 is 23.5. The third-order valence-corrected chi connectivity index (χ3v) is 4.63. The van der Waals surface area contributed by atoms with Crippen molar-refractivity contribution in [2.24, 2.45) is 0 Å². The van der Waals surface area contributed by atoms with Gasteiger partial charge in [0.05, 0.1) is 23.8 Å². The largest absolute Gasteiger partial charge is 0.449 e. The Bertz CT molecular complexity index is 854. The number of morpholine rings is 1. The van der Waals surface area contributed by atoms with Gasteiger partial charge in [-0.2, -0.15) is 0 Å². The monoisotopic (exact) mass is 406 g/mol. The van der Waals surface area contributed by atoms with Crippen LogP contribution in [0.4, 0.5) is 15.8 Å². The van der Waals surface area contributed by atoms with Gasteiger partial charge in [0.15, 0.2) is 6.10 Å². The van der Waals surface area contributed by atoms with E-state index in [9.17, 15) is 14.0 Å². The SMILES string of the molecule is C[C@H](OC(=O)c1ccc(F)cc1Cl)C(=O)Nc1ccc(N2CCOCC2)cc1. The highest BCUT2D eigenvalue weighted by atomic mass is 35.5. The topological polar surface area (TPSA) is 67.9 Å². The molecule has 1 heterocycles.